The topological polar surface area (TPSA) is 135 Å². The van der Waals surface area contributed by atoms with Gasteiger partial charge in [-0.3, -0.25) is 15.5 Å². The zero-order valence-electron chi connectivity index (χ0n) is 12.4. The average molecular weight is 304 g/mol. The van der Waals surface area contributed by atoms with E-state index in [1.54, 1.807) is 19.0 Å². The van der Waals surface area contributed by atoms with Gasteiger partial charge >= 0.3 is 5.69 Å². The third-order valence-corrected chi connectivity index (χ3v) is 2.60. The molecule has 0 unspecified atom stereocenters. The van der Waals surface area contributed by atoms with Gasteiger partial charge < -0.3 is 4.90 Å². The summed E-state index contributed by atoms with van der Waals surface area (Å²) in [5.74, 6) is 0.147. The summed E-state index contributed by atoms with van der Waals surface area (Å²) < 4.78 is 0. The van der Waals surface area contributed by atoms with Gasteiger partial charge in [-0.2, -0.15) is 10.5 Å². The van der Waals surface area contributed by atoms with E-state index in [9.17, 15) is 10.1 Å². The quantitative estimate of drug-likeness (QED) is 0.548. The monoisotopic (exact) mass is 304 g/mol. The van der Waals surface area contributed by atoms with Gasteiger partial charge in [0.1, 0.15) is 6.33 Å². The minimum atomic E-state index is -0.576. The lowest BCUT2D eigenvalue weighted by molar-refractivity contribution is -0.383. The SMILES string of the molecule is CN(C)Nc1ncnc(N(CCC#N)CCC#N)c1[N+](=O)[O-]. The van der Waals surface area contributed by atoms with E-state index in [1.165, 1.54) is 11.3 Å². The van der Waals surface area contributed by atoms with Gasteiger partial charge in [0.2, 0.25) is 11.6 Å². The molecule has 1 aromatic heterocycles. The zero-order chi connectivity index (χ0) is 16.5. The van der Waals surface area contributed by atoms with E-state index in [2.05, 4.69) is 15.4 Å². The third-order valence-electron chi connectivity index (χ3n) is 2.60. The highest BCUT2D eigenvalue weighted by Gasteiger charge is 2.27. The van der Waals surface area contributed by atoms with Crippen molar-refractivity contribution < 1.29 is 4.92 Å². The first-order valence-electron chi connectivity index (χ1n) is 6.43. The summed E-state index contributed by atoms with van der Waals surface area (Å²) in [5.41, 5.74) is 2.46. The van der Waals surface area contributed by atoms with Gasteiger partial charge in [0.25, 0.3) is 0 Å². The van der Waals surface area contributed by atoms with Crippen LogP contribution in [0.4, 0.5) is 17.3 Å². The molecule has 0 aliphatic heterocycles. The Morgan fingerprint density at radius 1 is 1.27 bits per heavy atom. The highest BCUT2D eigenvalue weighted by molar-refractivity contribution is 5.70. The van der Waals surface area contributed by atoms with E-state index in [1.807, 2.05) is 12.1 Å². The highest BCUT2D eigenvalue weighted by Crippen LogP contribution is 2.31. The van der Waals surface area contributed by atoms with Crippen molar-refractivity contribution in [3.05, 3.63) is 16.4 Å². The van der Waals surface area contributed by atoms with Crippen molar-refractivity contribution in [2.75, 3.05) is 37.5 Å². The number of aromatic nitrogens is 2. The summed E-state index contributed by atoms with van der Waals surface area (Å²) in [7, 11) is 3.35. The second-order valence-electron chi connectivity index (χ2n) is 4.46. The summed E-state index contributed by atoms with van der Waals surface area (Å²) in [4.78, 5) is 20.2. The molecule has 0 saturated heterocycles. The molecular formula is C12H16N8O2. The Labute approximate surface area is 127 Å². The number of hydrogen-bond acceptors (Lipinski definition) is 9. The van der Waals surface area contributed by atoms with Crippen LogP contribution >= 0.6 is 0 Å². The van der Waals surface area contributed by atoms with Crippen LogP contribution in [0.3, 0.4) is 0 Å². The Balaban J connectivity index is 3.26. The van der Waals surface area contributed by atoms with Crippen molar-refractivity contribution in [1.82, 2.24) is 15.0 Å². The predicted octanol–water partition coefficient (Wildman–Crippen LogP) is 0.907. The Morgan fingerprint density at radius 2 is 1.86 bits per heavy atom. The van der Waals surface area contributed by atoms with Gasteiger partial charge in [0, 0.05) is 27.2 Å². The van der Waals surface area contributed by atoms with Crippen LogP contribution in [0.15, 0.2) is 6.33 Å². The van der Waals surface area contributed by atoms with Gasteiger partial charge in [-0.15, -0.1) is 0 Å². The van der Waals surface area contributed by atoms with E-state index in [0.717, 1.165) is 0 Å². The maximum Gasteiger partial charge on any atom is 0.354 e. The summed E-state index contributed by atoms with van der Waals surface area (Å²) >= 11 is 0. The van der Waals surface area contributed by atoms with Gasteiger partial charge in [-0.1, -0.05) is 0 Å². The number of nitro groups is 1. The second kappa shape index (κ2) is 8.34. The molecule has 1 rings (SSSR count). The average Bonchev–Trinajstić information content (AvgIpc) is 2.46. The highest BCUT2D eigenvalue weighted by atomic mass is 16.6. The normalized spacial score (nSPS) is 9.86. The first-order valence-corrected chi connectivity index (χ1v) is 6.43. The van der Waals surface area contributed by atoms with Crippen molar-refractivity contribution in [3.63, 3.8) is 0 Å². The van der Waals surface area contributed by atoms with E-state index >= 15 is 0 Å². The van der Waals surface area contributed by atoms with Crippen molar-refractivity contribution in [2.45, 2.75) is 12.8 Å². The van der Waals surface area contributed by atoms with E-state index < -0.39 is 4.92 Å². The van der Waals surface area contributed by atoms with E-state index in [-0.39, 0.29) is 43.3 Å². The van der Waals surface area contributed by atoms with Gasteiger partial charge in [0.15, 0.2) is 0 Å². The van der Waals surface area contributed by atoms with Crippen LogP contribution < -0.4 is 10.3 Å². The number of rotatable bonds is 8. The van der Waals surface area contributed by atoms with Crippen molar-refractivity contribution in [2.24, 2.45) is 0 Å². The van der Waals surface area contributed by atoms with Crippen LogP contribution in [-0.2, 0) is 0 Å². The largest absolute Gasteiger partial charge is 0.354 e. The number of hydrazine groups is 1. The van der Waals surface area contributed by atoms with Gasteiger partial charge in [0.05, 0.1) is 29.9 Å². The molecule has 0 radical (unpaired) electrons. The molecule has 0 bridgehead atoms. The first-order chi connectivity index (χ1) is 10.5. The number of nitrogens with one attached hydrogen (secondary N) is 1. The van der Waals surface area contributed by atoms with Crippen molar-refractivity contribution >= 4 is 17.3 Å². The Bertz CT molecular complexity index is 586. The van der Waals surface area contributed by atoms with Crippen molar-refractivity contribution in [1.29, 1.82) is 10.5 Å². The molecule has 0 saturated carbocycles. The minimum Gasteiger partial charge on any atom is -0.349 e. The molecule has 0 aliphatic rings. The number of anilines is 2. The molecule has 0 atom stereocenters. The van der Waals surface area contributed by atoms with Crippen LogP contribution in [-0.4, -0.2) is 47.1 Å². The molecule has 1 heterocycles. The fraction of sp³-hybridized carbons (Fsp3) is 0.500. The Kier molecular flexibility index (Phi) is 6.47. The lowest BCUT2D eigenvalue weighted by Crippen LogP contribution is -2.28. The number of hydrogen-bond donors (Lipinski definition) is 1. The maximum absolute atomic E-state index is 11.4. The molecule has 10 heteroatoms. The Morgan fingerprint density at radius 3 is 2.32 bits per heavy atom. The number of nitriles is 2. The van der Waals surface area contributed by atoms with Crippen LogP contribution in [0.2, 0.25) is 0 Å². The maximum atomic E-state index is 11.4. The molecule has 0 aromatic carbocycles. The fourth-order valence-electron chi connectivity index (χ4n) is 1.76. The fourth-order valence-corrected chi connectivity index (χ4v) is 1.76. The van der Waals surface area contributed by atoms with Gasteiger partial charge in [-0.05, 0) is 0 Å². The Hall–Kier alpha value is -2.98. The molecule has 1 aromatic rings. The predicted molar refractivity (Wildman–Crippen MR) is 78.7 cm³/mol. The summed E-state index contributed by atoms with van der Waals surface area (Å²) in [6.45, 7) is 0.495. The van der Waals surface area contributed by atoms with Gasteiger partial charge in [-0.25, -0.2) is 15.0 Å². The van der Waals surface area contributed by atoms with Crippen LogP contribution in [0.5, 0.6) is 0 Å². The summed E-state index contributed by atoms with van der Waals surface area (Å²) in [6, 6.07) is 3.96. The molecule has 0 spiro atoms. The molecule has 0 aliphatic carbocycles. The molecule has 116 valence electrons. The second-order valence-corrected chi connectivity index (χ2v) is 4.46. The lowest BCUT2D eigenvalue weighted by Gasteiger charge is -2.22. The molecule has 10 nitrogen and oxygen atoms in total. The number of nitrogens with zero attached hydrogens (tertiary/aromatic N) is 7. The summed E-state index contributed by atoms with van der Waals surface area (Å²) in [5, 5.41) is 30.3. The summed E-state index contributed by atoms with van der Waals surface area (Å²) in [6.07, 6.45) is 1.55. The smallest absolute Gasteiger partial charge is 0.349 e. The molecule has 22 heavy (non-hydrogen) atoms. The minimum absolute atomic E-state index is 0.0546. The molecule has 0 amide bonds. The molecular weight excluding hydrogens is 288 g/mol. The molecule has 1 N–H and O–H groups in total. The first kappa shape index (κ1) is 17.1. The van der Waals surface area contributed by atoms with Crippen LogP contribution in [0.1, 0.15) is 12.8 Å². The third kappa shape index (κ3) is 4.54. The van der Waals surface area contributed by atoms with Crippen LogP contribution in [0, 0.1) is 32.8 Å². The zero-order valence-corrected chi connectivity index (χ0v) is 12.4. The standard InChI is InChI=1S/C12H16N8O2/c1-18(2)17-11-10(20(21)22)12(16-9-15-11)19(7-3-5-13)8-4-6-14/h9H,3-4,7-8H2,1-2H3,(H,15,16,17). The van der Waals surface area contributed by atoms with Crippen molar-refractivity contribution in [3.8, 4) is 12.1 Å². The lowest BCUT2D eigenvalue weighted by atomic mass is 10.3. The van der Waals surface area contributed by atoms with E-state index in [4.69, 9.17) is 10.5 Å². The molecule has 0 fully saturated rings. The van der Waals surface area contributed by atoms with E-state index in [0.29, 0.717) is 0 Å². The van der Waals surface area contributed by atoms with Crippen LogP contribution in [0.25, 0.3) is 0 Å².